The number of aromatic nitrogens is 2. The molecule has 0 unspecified atom stereocenters. The first-order valence-electron chi connectivity index (χ1n) is 10.4. The number of alkyl carbamates (subject to hydrolysis) is 1. The SMILES string of the molecule is CCNC(=NCc1nccn1Cc1ccccc1)NCCCNC(=O)OC(C)(C)C. The maximum absolute atomic E-state index is 11.7. The van der Waals surface area contributed by atoms with Crippen molar-refractivity contribution in [2.24, 2.45) is 4.99 Å². The highest BCUT2D eigenvalue weighted by Gasteiger charge is 2.15. The van der Waals surface area contributed by atoms with Gasteiger partial charge in [0.05, 0.1) is 0 Å². The third-order valence-corrected chi connectivity index (χ3v) is 4.03. The number of hydrogen-bond donors (Lipinski definition) is 3. The lowest BCUT2D eigenvalue weighted by atomic mass is 10.2. The first kappa shape index (κ1) is 23.3. The molecule has 0 bridgehead atoms. The number of aliphatic imine (C=N–C) groups is 1. The summed E-state index contributed by atoms with van der Waals surface area (Å²) < 4.78 is 7.33. The molecule has 0 aliphatic rings. The number of carbonyl (C=O) groups is 1. The van der Waals surface area contributed by atoms with E-state index >= 15 is 0 Å². The number of benzene rings is 1. The van der Waals surface area contributed by atoms with Crippen molar-refractivity contribution in [3.05, 3.63) is 54.1 Å². The molecule has 1 aromatic carbocycles. The van der Waals surface area contributed by atoms with Crippen LogP contribution >= 0.6 is 0 Å². The van der Waals surface area contributed by atoms with Crippen LogP contribution in [0.1, 0.15) is 45.5 Å². The van der Waals surface area contributed by atoms with Crippen molar-refractivity contribution in [3.63, 3.8) is 0 Å². The van der Waals surface area contributed by atoms with E-state index in [0.717, 1.165) is 31.3 Å². The van der Waals surface area contributed by atoms with E-state index < -0.39 is 11.7 Å². The predicted molar refractivity (Wildman–Crippen MR) is 119 cm³/mol. The number of carbonyl (C=O) groups excluding carboxylic acids is 1. The van der Waals surface area contributed by atoms with E-state index in [1.165, 1.54) is 5.56 Å². The summed E-state index contributed by atoms with van der Waals surface area (Å²) in [5, 5.41) is 9.27. The van der Waals surface area contributed by atoms with Gasteiger partial charge in [-0.15, -0.1) is 0 Å². The molecule has 0 aliphatic carbocycles. The molecule has 2 rings (SSSR count). The molecule has 0 spiro atoms. The number of hydrogen-bond acceptors (Lipinski definition) is 4. The van der Waals surface area contributed by atoms with Gasteiger partial charge in [0.15, 0.2) is 5.96 Å². The van der Waals surface area contributed by atoms with Gasteiger partial charge in [0.25, 0.3) is 0 Å². The lowest BCUT2D eigenvalue weighted by molar-refractivity contribution is 0.0527. The Labute approximate surface area is 179 Å². The van der Waals surface area contributed by atoms with Crippen LogP contribution in [0.5, 0.6) is 0 Å². The largest absolute Gasteiger partial charge is 0.444 e. The molecule has 0 saturated heterocycles. The number of amides is 1. The van der Waals surface area contributed by atoms with Crippen LogP contribution in [0.4, 0.5) is 4.79 Å². The molecule has 164 valence electrons. The highest BCUT2D eigenvalue weighted by atomic mass is 16.6. The van der Waals surface area contributed by atoms with Crippen molar-refractivity contribution in [1.82, 2.24) is 25.5 Å². The minimum atomic E-state index is -0.487. The monoisotopic (exact) mass is 414 g/mol. The topological polar surface area (TPSA) is 92.6 Å². The standard InChI is InChI=1S/C22H34N6O2/c1-5-23-20(25-12-9-13-26-21(29)30-22(2,3)4)27-16-19-24-14-15-28(19)17-18-10-7-6-8-11-18/h6-8,10-11,14-15H,5,9,12-13,16-17H2,1-4H3,(H,26,29)(H2,23,25,27). The van der Waals surface area contributed by atoms with E-state index in [2.05, 4.69) is 42.6 Å². The summed E-state index contributed by atoms with van der Waals surface area (Å²) in [7, 11) is 0. The number of rotatable bonds is 9. The Morgan fingerprint density at radius 1 is 1.13 bits per heavy atom. The fourth-order valence-corrected chi connectivity index (χ4v) is 2.71. The lowest BCUT2D eigenvalue weighted by Gasteiger charge is -2.19. The molecule has 0 aliphatic heterocycles. The van der Waals surface area contributed by atoms with Crippen molar-refractivity contribution in [3.8, 4) is 0 Å². The summed E-state index contributed by atoms with van der Waals surface area (Å²) in [6, 6.07) is 10.3. The van der Waals surface area contributed by atoms with Crippen LogP contribution in [0.15, 0.2) is 47.7 Å². The van der Waals surface area contributed by atoms with E-state index in [0.29, 0.717) is 19.6 Å². The minimum Gasteiger partial charge on any atom is -0.444 e. The minimum absolute atomic E-state index is 0.395. The summed E-state index contributed by atoms with van der Waals surface area (Å²) >= 11 is 0. The van der Waals surface area contributed by atoms with Crippen LogP contribution in [0.25, 0.3) is 0 Å². The maximum atomic E-state index is 11.7. The average Bonchev–Trinajstić information content (AvgIpc) is 3.12. The van der Waals surface area contributed by atoms with E-state index in [9.17, 15) is 4.79 Å². The van der Waals surface area contributed by atoms with Gasteiger partial charge in [-0.1, -0.05) is 30.3 Å². The van der Waals surface area contributed by atoms with Crippen molar-refractivity contribution in [2.45, 2.75) is 52.8 Å². The highest BCUT2D eigenvalue weighted by Crippen LogP contribution is 2.07. The predicted octanol–water partition coefficient (Wildman–Crippen LogP) is 2.90. The Morgan fingerprint density at radius 3 is 2.57 bits per heavy atom. The van der Waals surface area contributed by atoms with Crippen LogP contribution in [0.3, 0.4) is 0 Å². The summed E-state index contributed by atoms with van der Waals surface area (Å²) in [6.45, 7) is 10.8. The zero-order valence-corrected chi connectivity index (χ0v) is 18.4. The molecule has 1 amide bonds. The number of imidazole rings is 1. The Bertz CT molecular complexity index is 795. The van der Waals surface area contributed by atoms with E-state index in [4.69, 9.17) is 4.74 Å². The van der Waals surface area contributed by atoms with Gasteiger partial charge in [-0.05, 0) is 39.7 Å². The summed E-state index contributed by atoms with van der Waals surface area (Å²) in [5.41, 5.74) is 0.739. The smallest absolute Gasteiger partial charge is 0.407 e. The number of guanidine groups is 1. The first-order valence-corrected chi connectivity index (χ1v) is 10.4. The molecule has 0 fully saturated rings. The molecule has 1 aromatic heterocycles. The second kappa shape index (κ2) is 11.8. The average molecular weight is 415 g/mol. The van der Waals surface area contributed by atoms with Gasteiger partial charge in [0.1, 0.15) is 18.0 Å². The molecule has 30 heavy (non-hydrogen) atoms. The van der Waals surface area contributed by atoms with Crippen LogP contribution in [0, 0.1) is 0 Å². The van der Waals surface area contributed by atoms with Crippen LogP contribution < -0.4 is 16.0 Å². The number of ether oxygens (including phenoxy) is 1. The fourth-order valence-electron chi connectivity index (χ4n) is 2.71. The van der Waals surface area contributed by atoms with Gasteiger partial charge in [-0.25, -0.2) is 14.8 Å². The molecule has 1 heterocycles. The lowest BCUT2D eigenvalue weighted by Crippen LogP contribution is -2.39. The molecule has 0 atom stereocenters. The van der Waals surface area contributed by atoms with Crippen molar-refractivity contribution in [1.29, 1.82) is 0 Å². The Kier molecular flexibility index (Phi) is 9.18. The summed E-state index contributed by atoms with van der Waals surface area (Å²) in [5.74, 6) is 1.63. The molecular weight excluding hydrogens is 380 g/mol. The Balaban J connectivity index is 1.79. The third-order valence-electron chi connectivity index (χ3n) is 4.03. The molecule has 2 aromatic rings. The highest BCUT2D eigenvalue weighted by molar-refractivity contribution is 5.79. The second-order valence-corrected chi connectivity index (χ2v) is 7.86. The van der Waals surface area contributed by atoms with E-state index in [-0.39, 0.29) is 0 Å². The van der Waals surface area contributed by atoms with Crippen LogP contribution in [-0.4, -0.2) is 46.8 Å². The maximum Gasteiger partial charge on any atom is 0.407 e. The van der Waals surface area contributed by atoms with Crippen molar-refractivity contribution >= 4 is 12.1 Å². The van der Waals surface area contributed by atoms with Crippen LogP contribution in [0.2, 0.25) is 0 Å². The quantitative estimate of drug-likeness (QED) is 0.333. The van der Waals surface area contributed by atoms with Crippen LogP contribution in [-0.2, 0) is 17.8 Å². The van der Waals surface area contributed by atoms with E-state index in [1.807, 2.05) is 52.1 Å². The molecule has 8 nitrogen and oxygen atoms in total. The van der Waals surface area contributed by atoms with Gasteiger partial charge in [0.2, 0.25) is 0 Å². The number of nitrogens with zero attached hydrogens (tertiary/aromatic N) is 3. The van der Waals surface area contributed by atoms with Gasteiger partial charge < -0.3 is 25.3 Å². The zero-order valence-electron chi connectivity index (χ0n) is 18.4. The first-order chi connectivity index (χ1) is 14.4. The Hall–Kier alpha value is -3.03. The molecule has 0 radical (unpaired) electrons. The van der Waals surface area contributed by atoms with E-state index in [1.54, 1.807) is 6.20 Å². The molecule has 0 saturated carbocycles. The molecule has 3 N–H and O–H groups in total. The van der Waals surface area contributed by atoms with Gasteiger partial charge in [-0.3, -0.25) is 0 Å². The van der Waals surface area contributed by atoms with Gasteiger partial charge in [0, 0.05) is 38.6 Å². The van der Waals surface area contributed by atoms with Crippen molar-refractivity contribution in [2.75, 3.05) is 19.6 Å². The summed E-state index contributed by atoms with van der Waals surface area (Å²) in [6.07, 6.45) is 4.14. The number of nitrogens with one attached hydrogen (secondary N) is 3. The van der Waals surface area contributed by atoms with Gasteiger partial charge in [-0.2, -0.15) is 0 Å². The molecule has 8 heteroatoms. The van der Waals surface area contributed by atoms with Crippen molar-refractivity contribution < 1.29 is 9.53 Å². The third kappa shape index (κ3) is 8.98. The fraction of sp³-hybridized carbons (Fsp3) is 0.500. The normalized spacial score (nSPS) is 11.8. The molecular formula is C22H34N6O2. The summed E-state index contributed by atoms with van der Waals surface area (Å²) in [4.78, 5) is 20.7. The zero-order chi connectivity index (χ0) is 21.8. The second-order valence-electron chi connectivity index (χ2n) is 7.86. The Morgan fingerprint density at radius 2 is 1.87 bits per heavy atom. The van der Waals surface area contributed by atoms with Gasteiger partial charge >= 0.3 is 6.09 Å².